The van der Waals surface area contributed by atoms with Crippen LogP contribution in [0.1, 0.15) is 30.1 Å². The minimum atomic E-state index is -0.779. The molecule has 0 unspecified atom stereocenters. The summed E-state index contributed by atoms with van der Waals surface area (Å²) < 4.78 is 16.1. The number of likely N-dealkylation sites (tertiary alicyclic amines) is 1. The largest absolute Gasteiger partial charge is 0.486 e. The first-order chi connectivity index (χ1) is 10.6. The summed E-state index contributed by atoms with van der Waals surface area (Å²) in [5.74, 6) is 0.476. The van der Waals surface area contributed by atoms with Crippen molar-refractivity contribution in [2.45, 2.75) is 25.9 Å². The number of hydrogen-bond donors (Lipinski definition) is 0. The highest BCUT2D eigenvalue weighted by atomic mass is 16.6. The molecule has 0 spiro atoms. The fraction of sp³-hybridized carbons (Fsp3) is 0.500. The summed E-state index contributed by atoms with van der Waals surface area (Å²) in [6, 6.07) is 4.88. The molecule has 0 aromatic heterocycles. The van der Waals surface area contributed by atoms with E-state index in [1.807, 2.05) is 0 Å². The van der Waals surface area contributed by atoms with Gasteiger partial charge in [0.25, 0.3) is 5.91 Å². The Balaban J connectivity index is 1.65. The van der Waals surface area contributed by atoms with Crippen molar-refractivity contribution in [2.24, 2.45) is 0 Å². The number of amides is 1. The van der Waals surface area contributed by atoms with E-state index in [9.17, 15) is 9.59 Å². The van der Waals surface area contributed by atoms with Crippen LogP contribution >= 0.6 is 0 Å². The number of carbonyl (C=O) groups excluding carboxylic acids is 2. The lowest BCUT2D eigenvalue weighted by molar-refractivity contribution is -0.138. The number of carbonyl (C=O) groups is 2. The fourth-order valence-corrected chi connectivity index (χ4v) is 2.64. The summed E-state index contributed by atoms with van der Waals surface area (Å²) in [7, 11) is 0. The molecule has 0 radical (unpaired) electrons. The molecule has 3 rings (SSSR count). The molecule has 6 heteroatoms. The van der Waals surface area contributed by atoms with Crippen LogP contribution in [-0.2, 0) is 9.53 Å². The second kappa shape index (κ2) is 6.25. The number of ether oxygens (including phenoxy) is 3. The minimum absolute atomic E-state index is 0.136. The molecule has 118 valence electrons. The Kier molecular flexibility index (Phi) is 4.18. The van der Waals surface area contributed by atoms with E-state index in [0.29, 0.717) is 30.3 Å². The van der Waals surface area contributed by atoms with Gasteiger partial charge in [-0.3, -0.25) is 4.79 Å². The lowest BCUT2D eigenvalue weighted by Gasteiger charge is -2.21. The summed E-state index contributed by atoms with van der Waals surface area (Å²) in [4.78, 5) is 26.1. The zero-order valence-electron chi connectivity index (χ0n) is 12.5. The van der Waals surface area contributed by atoms with Crippen LogP contribution in [0, 0.1) is 0 Å². The van der Waals surface area contributed by atoms with Crippen LogP contribution in [0.2, 0.25) is 0 Å². The van der Waals surface area contributed by atoms with E-state index in [0.717, 1.165) is 25.9 Å². The second-order valence-electron chi connectivity index (χ2n) is 5.44. The normalized spacial score (nSPS) is 18.0. The molecule has 2 aliphatic heterocycles. The van der Waals surface area contributed by atoms with Gasteiger partial charge in [-0.2, -0.15) is 0 Å². The van der Waals surface area contributed by atoms with Crippen LogP contribution < -0.4 is 9.47 Å². The molecule has 0 aliphatic carbocycles. The van der Waals surface area contributed by atoms with Gasteiger partial charge < -0.3 is 19.1 Å². The van der Waals surface area contributed by atoms with E-state index in [-0.39, 0.29) is 5.91 Å². The van der Waals surface area contributed by atoms with Crippen molar-refractivity contribution in [3.8, 4) is 11.5 Å². The molecular weight excluding hydrogens is 286 g/mol. The molecule has 0 saturated carbocycles. The molecule has 1 saturated heterocycles. The Morgan fingerprint density at radius 3 is 2.55 bits per heavy atom. The maximum absolute atomic E-state index is 12.2. The van der Waals surface area contributed by atoms with Crippen molar-refractivity contribution < 1.29 is 23.8 Å². The molecule has 1 fully saturated rings. The van der Waals surface area contributed by atoms with Crippen LogP contribution in [0.5, 0.6) is 11.5 Å². The maximum atomic E-state index is 12.2. The van der Waals surface area contributed by atoms with E-state index in [2.05, 4.69) is 0 Å². The monoisotopic (exact) mass is 305 g/mol. The molecule has 2 heterocycles. The quantitative estimate of drug-likeness (QED) is 0.794. The first-order valence-electron chi connectivity index (χ1n) is 7.54. The Labute approximate surface area is 128 Å². The number of hydrogen-bond acceptors (Lipinski definition) is 5. The molecular formula is C16H19NO5. The second-order valence-corrected chi connectivity index (χ2v) is 5.44. The van der Waals surface area contributed by atoms with Crippen molar-refractivity contribution in [1.29, 1.82) is 0 Å². The van der Waals surface area contributed by atoms with Crippen LogP contribution in [0.3, 0.4) is 0 Å². The van der Waals surface area contributed by atoms with E-state index < -0.39 is 12.1 Å². The van der Waals surface area contributed by atoms with Crippen LogP contribution in [0.25, 0.3) is 0 Å². The molecule has 1 aromatic rings. The molecule has 1 aromatic carbocycles. The van der Waals surface area contributed by atoms with Gasteiger partial charge in [0.15, 0.2) is 17.6 Å². The SMILES string of the molecule is C[C@H](OC(=O)c1ccc2c(c1)OCCO2)C(=O)N1CCCC1. The predicted octanol–water partition coefficient (Wildman–Crippen LogP) is 1.63. The highest BCUT2D eigenvalue weighted by Gasteiger charge is 2.26. The minimum Gasteiger partial charge on any atom is -0.486 e. The average Bonchev–Trinajstić information content (AvgIpc) is 3.08. The predicted molar refractivity (Wildman–Crippen MR) is 78.1 cm³/mol. The highest BCUT2D eigenvalue weighted by molar-refractivity contribution is 5.93. The van der Waals surface area contributed by atoms with Gasteiger partial charge >= 0.3 is 5.97 Å². The number of benzene rings is 1. The summed E-state index contributed by atoms with van der Waals surface area (Å²) in [5.41, 5.74) is 0.352. The summed E-state index contributed by atoms with van der Waals surface area (Å²) in [5, 5.41) is 0. The topological polar surface area (TPSA) is 65.1 Å². The van der Waals surface area contributed by atoms with Crippen molar-refractivity contribution in [1.82, 2.24) is 4.90 Å². The van der Waals surface area contributed by atoms with Crippen LogP contribution in [0.15, 0.2) is 18.2 Å². The Bertz CT molecular complexity index is 580. The number of esters is 1. The Morgan fingerprint density at radius 2 is 1.82 bits per heavy atom. The first kappa shape index (κ1) is 14.7. The van der Waals surface area contributed by atoms with Gasteiger partial charge in [0.2, 0.25) is 0 Å². The van der Waals surface area contributed by atoms with Gasteiger partial charge in [-0.1, -0.05) is 0 Å². The van der Waals surface area contributed by atoms with Gasteiger partial charge in [-0.25, -0.2) is 4.79 Å². The van der Waals surface area contributed by atoms with Gasteiger partial charge in [-0.05, 0) is 38.0 Å². The zero-order valence-corrected chi connectivity index (χ0v) is 12.5. The van der Waals surface area contributed by atoms with Gasteiger partial charge in [0.1, 0.15) is 13.2 Å². The summed E-state index contributed by atoms with van der Waals surface area (Å²) in [6.45, 7) is 4.04. The van der Waals surface area contributed by atoms with Crippen LogP contribution in [0.4, 0.5) is 0 Å². The molecule has 6 nitrogen and oxygen atoms in total. The van der Waals surface area contributed by atoms with Crippen molar-refractivity contribution in [2.75, 3.05) is 26.3 Å². The van der Waals surface area contributed by atoms with E-state index in [1.165, 1.54) is 0 Å². The number of nitrogens with zero attached hydrogens (tertiary/aromatic N) is 1. The van der Waals surface area contributed by atoms with E-state index >= 15 is 0 Å². The van der Waals surface area contributed by atoms with Crippen LogP contribution in [-0.4, -0.2) is 49.2 Å². The third-order valence-corrected chi connectivity index (χ3v) is 3.83. The van der Waals surface area contributed by atoms with Crippen molar-refractivity contribution >= 4 is 11.9 Å². The molecule has 22 heavy (non-hydrogen) atoms. The summed E-state index contributed by atoms with van der Waals surface area (Å²) in [6.07, 6.45) is 1.24. The van der Waals surface area contributed by atoms with Gasteiger partial charge in [-0.15, -0.1) is 0 Å². The first-order valence-corrected chi connectivity index (χ1v) is 7.54. The number of rotatable bonds is 3. The Morgan fingerprint density at radius 1 is 1.14 bits per heavy atom. The van der Waals surface area contributed by atoms with Gasteiger partial charge in [0.05, 0.1) is 5.56 Å². The lowest BCUT2D eigenvalue weighted by Crippen LogP contribution is -2.38. The molecule has 1 amide bonds. The van der Waals surface area contributed by atoms with Crippen molar-refractivity contribution in [3.05, 3.63) is 23.8 Å². The molecule has 0 bridgehead atoms. The van der Waals surface area contributed by atoms with E-state index in [1.54, 1.807) is 30.0 Å². The number of fused-ring (bicyclic) bond motifs is 1. The van der Waals surface area contributed by atoms with Crippen molar-refractivity contribution in [3.63, 3.8) is 0 Å². The van der Waals surface area contributed by atoms with Gasteiger partial charge in [0, 0.05) is 13.1 Å². The lowest BCUT2D eigenvalue weighted by atomic mass is 10.2. The van der Waals surface area contributed by atoms with E-state index in [4.69, 9.17) is 14.2 Å². The maximum Gasteiger partial charge on any atom is 0.339 e. The Hall–Kier alpha value is -2.24. The summed E-state index contributed by atoms with van der Waals surface area (Å²) >= 11 is 0. The molecule has 0 N–H and O–H groups in total. The standard InChI is InChI=1S/C16H19NO5/c1-11(15(18)17-6-2-3-7-17)22-16(19)12-4-5-13-14(10-12)21-9-8-20-13/h4-5,10-11H,2-3,6-9H2,1H3/t11-/m0/s1. The smallest absolute Gasteiger partial charge is 0.339 e. The molecule has 1 atom stereocenters. The third kappa shape index (κ3) is 3.00. The molecule has 2 aliphatic rings. The zero-order chi connectivity index (χ0) is 15.5. The third-order valence-electron chi connectivity index (χ3n) is 3.83. The fourth-order valence-electron chi connectivity index (χ4n) is 2.64. The highest BCUT2D eigenvalue weighted by Crippen LogP contribution is 2.31. The average molecular weight is 305 g/mol.